The van der Waals surface area contributed by atoms with Gasteiger partial charge in [0.05, 0.1) is 0 Å². The number of nitrogens with one attached hydrogen (secondary N) is 1. The first kappa shape index (κ1) is 15.3. The van der Waals surface area contributed by atoms with E-state index in [2.05, 4.69) is 10.3 Å². The molecule has 1 amide bonds. The SMILES string of the molecule is CC(NC(=O)C1CCN(c2nc3ccccc3o2)CC1)C(=O)O. The number of carbonyl (C=O) groups is 2. The molecule has 0 aliphatic carbocycles. The number of aromatic nitrogens is 1. The quantitative estimate of drug-likeness (QED) is 0.890. The lowest BCUT2D eigenvalue weighted by atomic mass is 9.96. The highest BCUT2D eigenvalue weighted by Gasteiger charge is 2.28. The van der Waals surface area contributed by atoms with Crippen molar-refractivity contribution < 1.29 is 19.1 Å². The molecule has 3 rings (SSSR count). The molecular weight excluding hydrogens is 298 g/mol. The van der Waals surface area contributed by atoms with Gasteiger partial charge >= 0.3 is 5.97 Å². The second-order valence-electron chi connectivity index (χ2n) is 5.79. The summed E-state index contributed by atoms with van der Waals surface area (Å²) in [4.78, 5) is 29.3. The molecule has 2 N–H and O–H groups in total. The lowest BCUT2D eigenvalue weighted by molar-refractivity contribution is -0.142. The van der Waals surface area contributed by atoms with Crippen molar-refractivity contribution in [2.45, 2.75) is 25.8 Å². The molecule has 0 spiro atoms. The minimum Gasteiger partial charge on any atom is -0.480 e. The van der Waals surface area contributed by atoms with E-state index in [1.165, 1.54) is 6.92 Å². The van der Waals surface area contributed by atoms with Crippen molar-refractivity contribution in [2.75, 3.05) is 18.0 Å². The number of para-hydroxylation sites is 2. The third-order valence-electron chi connectivity index (χ3n) is 4.15. The molecule has 1 aliphatic heterocycles. The summed E-state index contributed by atoms with van der Waals surface area (Å²) < 4.78 is 5.74. The van der Waals surface area contributed by atoms with Crippen LogP contribution >= 0.6 is 0 Å². The molecule has 2 heterocycles. The van der Waals surface area contributed by atoms with Gasteiger partial charge in [-0.3, -0.25) is 9.59 Å². The Kier molecular flexibility index (Phi) is 4.18. The van der Waals surface area contributed by atoms with Crippen molar-refractivity contribution in [3.63, 3.8) is 0 Å². The summed E-state index contributed by atoms with van der Waals surface area (Å²) in [5.74, 6) is -1.39. The fourth-order valence-electron chi connectivity index (χ4n) is 2.72. The fraction of sp³-hybridized carbons (Fsp3) is 0.438. The maximum Gasteiger partial charge on any atom is 0.325 e. The summed E-state index contributed by atoms with van der Waals surface area (Å²) in [7, 11) is 0. The molecule has 2 aromatic rings. The zero-order valence-electron chi connectivity index (χ0n) is 12.9. The Morgan fingerprint density at radius 1 is 1.35 bits per heavy atom. The predicted octanol–water partition coefficient (Wildman–Crippen LogP) is 1.63. The van der Waals surface area contributed by atoms with Crippen LogP contribution in [0.5, 0.6) is 0 Å². The zero-order valence-corrected chi connectivity index (χ0v) is 12.9. The van der Waals surface area contributed by atoms with Crippen molar-refractivity contribution in [3.05, 3.63) is 24.3 Å². The molecule has 1 aromatic heterocycles. The molecule has 7 heteroatoms. The summed E-state index contributed by atoms with van der Waals surface area (Å²) in [5.41, 5.74) is 1.57. The van der Waals surface area contributed by atoms with Gasteiger partial charge < -0.3 is 19.7 Å². The van der Waals surface area contributed by atoms with Gasteiger partial charge in [0.15, 0.2) is 5.58 Å². The highest BCUT2D eigenvalue weighted by molar-refractivity contribution is 5.84. The first-order valence-electron chi connectivity index (χ1n) is 7.68. The maximum atomic E-state index is 12.1. The van der Waals surface area contributed by atoms with Crippen LogP contribution in [0.4, 0.5) is 6.01 Å². The number of hydrogen-bond donors (Lipinski definition) is 2. The van der Waals surface area contributed by atoms with E-state index in [0.29, 0.717) is 31.9 Å². The zero-order chi connectivity index (χ0) is 16.4. The molecule has 7 nitrogen and oxygen atoms in total. The molecule has 1 aliphatic rings. The van der Waals surface area contributed by atoms with Crippen molar-refractivity contribution in [1.82, 2.24) is 10.3 Å². The van der Waals surface area contributed by atoms with Crippen molar-refractivity contribution in [2.24, 2.45) is 5.92 Å². The molecule has 1 atom stereocenters. The summed E-state index contributed by atoms with van der Waals surface area (Å²) in [6, 6.07) is 7.29. The molecule has 0 saturated carbocycles. The number of nitrogens with zero attached hydrogens (tertiary/aromatic N) is 2. The number of anilines is 1. The number of carbonyl (C=O) groups excluding carboxylic acids is 1. The van der Waals surface area contributed by atoms with Gasteiger partial charge in [-0.25, -0.2) is 0 Å². The monoisotopic (exact) mass is 317 g/mol. The second kappa shape index (κ2) is 6.28. The maximum absolute atomic E-state index is 12.1. The van der Waals surface area contributed by atoms with E-state index in [9.17, 15) is 9.59 Å². The van der Waals surface area contributed by atoms with E-state index in [0.717, 1.165) is 11.1 Å². The molecule has 1 unspecified atom stereocenters. The van der Waals surface area contributed by atoms with Crippen LogP contribution in [-0.4, -0.2) is 41.1 Å². The lowest BCUT2D eigenvalue weighted by Crippen LogP contribution is -2.45. The normalized spacial score (nSPS) is 17.2. The summed E-state index contributed by atoms with van der Waals surface area (Å²) in [6.07, 6.45) is 1.30. The summed E-state index contributed by atoms with van der Waals surface area (Å²) in [6.45, 7) is 2.78. The van der Waals surface area contributed by atoms with E-state index in [4.69, 9.17) is 9.52 Å². The Morgan fingerprint density at radius 3 is 2.70 bits per heavy atom. The van der Waals surface area contributed by atoms with E-state index >= 15 is 0 Å². The Balaban J connectivity index is 1.59. The van der Waals surface area contributed by atoms with Gasteiger partial charge in [-0.15, -0.1) is 0 Å². The minimum atomic E-state index is -1.03. The van der Waals surface area contributed by atoms with Crippen LogP contribution in [0.1, 0.15) is 19.8 Å². The number of rotatable bonds is 4. The first-order valence-corrected chi connectivity index (χ1v) is 7.68. The van der Waals surface area contributed by atoms with Gasteiger partial charge in [-0.05, 0) is 31.9 Å². The number of amides is 1. The van der Waals surface area contributed by atoms with Gasteiger partial charge in [0, 0.05) is 19.0 Å². The minimum absolute atomic E-state index is 0.169. The number of piperidine rings is 1. The third-order valence-corrected chi connectivity index (χ3v) is 4.15. The molecule has 0 radical (unpaired) electrons. The van der Waals surface area contributed by atoms with Gasteiger partial charge in [0.2, 0.25) is 5.91 Å². The van der Waals surface area contributed by atoms with Crippen LogP contribution in [-0.2, 0) is 9.59 Å². The number of oxazole rings is 1. The van der Waals surface area contributed by atoms with Crippen LogP contribution in [0.25, 0.3) is 11.1 Å². The second-order valence-corrected chi connectivity index (χ2v) is 5.79. The molecule has 0 bridgehead atoms. The van der Waals surface area contributed by atoms with Crippen LogP contribution in [0.2, 0.25) is 0 Å². The largest absolute Gasteiger partial charge is 0.480 e. The van der Waals surface area contributed by atoms with E-state index < -0.39 is 12.0 Å². The molecule has 1 aromatic carbocycles. The molecule has 122 valence electrons. The fourth-order valence-corrected chi connectivity index (χ4v) is 2.72. The number of hydrogen-bond acceptors (Lipinski definition) is 5. The van der Waals surface area contributed by atoms with E-state index in [-0.39, 0.29) is 11.8 Å². The number of benzene rings is 1. The Morgan fingerprint density at radius 2 is 2.04 bits per heavy atom. The van der Waals surface area contributed by atoms with E-state index in [1.807, 2.05) is 29.2 Å². The highest BCUT2D eigenvalue weighted by Crippen LogP contribution is 2.26. The van der Waals surface area contributed by atoms with Gasteiger partial charge in [-0.2, -0.15) is 4.98 Å². The first-order chi connectivity index (χ1) is 11.0. The molecule has 23 heavy (non-hydrogen) atoms. The van der Waals surface area contributed by atoms with Gasteiger partial charge in [-0.1, -0.05) is 12.1 Å². The van der Waals surface area contributed by atoms with Crippen LogP contribution < -0.4 is 10.2 Å². The van der Waals surface area contributed by atoms with Gasteiger partial charge in [0.1, 0.15) is 11.6 Å². The number of carboxylic acid groups (broad SMARTS) is 1. The summed E-state index contributed by atoms with van der Waals surface area (Å²) in [5, 5.41) is 11.4. The van der Waals surface area contributed by atoms with Crippen LogP contribution in [0.15, 0.2) is 28.7 Å². The molecule has 1 saturated heterocycles. The molecule has 1 fully saturated rings. The smallest absolute Gasteiger partial charge is 0.325 e. The number of carboxylic acids is 1. The van der Waals surface area contributed by atoms with Crippen molar-refractivity contribution in [3.8, 4) is 0 Å². The third kappa shape index (κ3) is 3.28. The number of fused-ring (bicyclic) bond motifs is 1. The number of aliphatic carboxylic acids is 1. The van der Waals surface area contributed by atoms with Gasteiger partial charge in [0.25, 0.3) is 6.01 Å². The van der Waals surface area contributed by atoms with Crippen LogP contribution in [0, 0.1) is 5.92 Å². The van der Waals surface area contributed by atoms with Crippen LogP contribution in [0.3, 0.4) is 0 Å². The Bertz CT molecular complexity index is 686. The van der Waals surface area contributed by atoms with E-state index in [1.54, 1.807) is 0 Å². The van der Waals surface area contributed by atoms with Crippen molar-refractivity contribution >= 4 is 29.0 Å². The highest BCUT2D eigenvalue weighted by atomic mass is 16.4. The lowest BCUT2D eigenvalue weighted by Gasteiger charge is -2.30. The Labute approximate surface area is 133 Å². The average molecular weight is 317 g/mol. The van der Waals surface area contributed by atoms with Crippen molar-refractivity contribution in [1.29, 1.82) is 0 Å². The predicted molar refractivity (Wildman–Crippen MR) is 84.2 cm³/mol. The average Bonchev–Trinajstić information content (AvgIpc) is 2.98. The molecular formula is C16H19N3O4. The Hall–Kier alpha value is -2.57. The summed E-state index contributed by atoms with van der Waals surface area (Å²) >= 11 is 0. The standard InChI is InChI=1S/C16H19N3O4/c1-10(15(21)22)17-14(20)11-6-8-19(9-7-11)16-18-12-4-2-3-5-13(12)23-16/h2-5,10-11H,6-9H2,1H3,(H,17,20)(H,21,22). The topological polar surface area (TPSA) is 95.7 Å².